The van der Waals surface area contributed by atoms with Crippen LogP contribution < -0.4 is 0 Å². The number of hydrogen-bond acceptors (Lipinski definition) is 2. The third-order valence-electron chi connectivity index (χ3n) is 5.53. The lowest BCUT2D eigenvalue weighted by atomic mass is 10.1. The van der Waals surface area contributed by atoms with E-state index in [0.29, 0.717) is 12.1 Å². The van der Waals surface area contributed by atoms with E-state index in [9.17, 15) is 0 Å². The molecule has 0 saturated carbocycles. The van der Waals surface area contributed by atoms with Crippen LogP contribution in [0.3, 0.4) is 0 Å². The highest BCUT2D eigenvalue weighted by Gasteiger charge is 2.15. The van der Waals surface area contributed by atoms with Gasteiger partial charge in [-0.2, -0.15) is 0 Å². The van der Waals surface area contributed by atoms with Crippen molar-refractivity contribution >= 4 is 45.3 Å². The molecule has 4 rings (SSSR count). The number of nitrogens with zero attached hydrogens (tertiary/aromatic N) is 4. The maximum atomic E-state index is 6.22. The van der Waals surface area contributed by atoms with Crippen molar-refractivity contribution in [3.05, 3.63) is 58.1 Å². The van der Waals surface area contributed by atoms with Gasteiger partial charge >= 0.3 is 0 Å². The molecule has 0 unspecified atom stereocenters. The largest absolute Gasteiger partial charge is 0.325 e. The molecule has 4 aromatic rings. The highest BCUT2D eigenvalue weighted by atomic mass is 35.5. The number of fused-ring (bicyclic) bond motifs is 2. The summed E-state index contributed by atoms with van der Waals surface area (Å²) in [5, 5.41) is 1.51. The second kappa shape index (κ2) is 8.60. The van der Waals surface area contributed by atoms with Crippen LogP contribution in [0, 0.1) is 0 Å². The molecular formula is C24H28Cl2N4. The minimum Gasteiger partial charge on any atom is -0.325 e. The zero-order valence-electron chi connectivity index (χ0n) is 18.0. The summed E-state index contributed by atoms with van der Waals surface area (Å²) in [6, 6.07) is 12.6. The van der Waals surface area contributed by atoms with Crippen molar-refractivity contribution in [2.75, 3.05) is 0 Å². The summed E-state index contributed by atoms with van der Waals surface area (Å²) >= 11 is 12.4. The molecule has 158 valence electrons. The molecule has 0 fully saturated rings. The van der Waals surface area contributed by atoms with E-state index < -0.39 is 0 Å². The van der Waals surface area contributed by atoms with Gasteiger partial charge in [-0.1, -0.05) is 23.2 Å². The van der Waals surface area contributed by atoms with Gasteiger partial charge in [0.15, 0.2) is 0 Å². The molecule has 0 bridgehead atoms. The fraction of sp³-hybridized carbons (Fsp3) is 0.417. The lowest BCUT2D eigenvalue weighted by Gasteiger charge is -2.14. The summed E-state index contributed by atoms with van der Waals surface area (Å²) in [6.45, 7) is 8.78. The molecule has 0 amide bonds. The summed E-state index contributed by atoms with van der Waals surface area (Å²) in [5.74, 6) is 2.26. The summed E-state index contributed by atoms with van der Waals surface area (Å²) in [7, 11) is 0. The Labute approximate surface area is 187 Å². The smallest absolute Gasteiger partial charge is 0.110 e. The van der Waals surface area contributed by atoms with Crippen molar-refractivity contribution in [3.63, 3.8) is 0 Å². The van der Waals surface area contributed by atoms with Crippen LogP contribution in [0.4, 0.5) is 0 Å². The number of hydrogen-bond donors (Lipinski definition) is 0. The molecule has 0 spiro atoms. The number of aryl methyl sites for hydroxylation is 2. The first-order valence-corrected chi connectivity index (χ1v) is 11.4. The van der Waals surface area contributed by atoms with Crippen molar-refractivity contribution in [1.82, 2.24) is 19.1 Å². The van der Waals surface area contributed by atoms with Gasteiger partial charge in [-0.15, -0.1) is 0 Å². The number of halogens is 2. The van der Waals surface area contributed by atoms with Crippen LogP contribution in [0.25, 0.3) is 22.1 Å². The van der Waals surface area contributed by atoms with Gasteiger partial charge < -0.3 is 9.13 Å². The van der Waals surface area contributed by atoms with E-state index in [1.54, 1.807) is 0 Å². The number of unbranched alkanes of at least 4 members (excludes halogenated alkanes) is 1. The lowest BCUT2D eigenvalue weighted by Crippen LogP contribution is -2.08. The minimum atomic E-state index is 0.346. The van der Waals surface area contributed by atoms with Crippen LogP contribution in [0.15, 0.2) is 36.4 Å². The molecule has 2 aromatic carbocycles. The Hall–Kier alpha value is -2.04. The van der Waals surface area contributed by atoms with Crippen molar-refractivity contribution in [3.8, 4) is 0 Å². The Morgan fingerprint density at radius 3 is 1.47 bits per heavy atom. The molecule has 4 nitrogen and oxygen atoms in total. The maximum absolute atomic E-state index is 6.22. The molecular weight excluding hydrogens is 415 g/mol. The van der Waals surface area contributed by atoms with Crippen molar-refractivity contribution in [1.29, 1.82) is 0 Å². The first kappa shape index (κ1) is 21.2. The van der Waals surface area contributed by atoms with E-state index in [4.69, 9.17) is 33.2 Å². The third kappa shape index (κ3) is 4.08. The summed E-state index contributed by atoms with van der Waals surface area (Å²) in [6.07, 6.45) is 4.01. The Balaban J connectivity index is 1.51. The quantitative estimate of drug-likeness (QED) is 0.279. The average molecular weight is 443 g/mol. The van der Waals surface area contributed by atoms with E-state index in [-0.39, 0.29) is 0 Å². The second-order valence-corrected chi connectivity index (χ2v) is 9.33. The fourth-order valence-electron chi connectivity index (χ4n) is 4.30. The van der Waals surface area contributed by atoms with Gasteiger partial charge in [0, 0.05) is 35.0 Å². The van der Waals surface area contributed by atoms with E-state index in [0.717, 1.165) is 69.4 Å². The van der Waals surface area contributed by atoms with Gasteiger partial charge in [-0.25, -0.2) is 9.97 Å². The van der Waals surface area contributed by atoms with Crippen LogP contribution in [0.2, 0.25) is 10.0 Å². The molecule has 0 saturated heterocycles. The van der Waals surface area contributed by atoms with E-state index in [1.165, 1.54) is 0 Å². The molecule has 2 aromatic heterocycles. The standard InChI is InChI=1S/C24H28Cl2N4/c1-15(2)29-21-13-17(25)9-11-19(21)27-23(29)7-5-6-8-24-28-20-12-10-18(26)14-22(20)30(24)16(3)4/h9-16H,5-8H2,1-4H3. The van der Waals surface area contributed by atoms with Crippen molar-refractivity contribution < 1.29 is 0 Å². The molecule has 30 heavy (non-hydrogen) atoms. The van der Waals surface area contributed by atoms with Gasteiger partial charge in [0.25, 0.3) is 0 Å². The molecule has 0 radical (unpaired) electrons. The molecule has 0 atom stereocenters. The Bertz CT molecular complexity index is 1090. The molecule has 6 heteroatoms. The average Bonchev–Trinajstić information content (AvgIpc) is 3.22. The van der Waals surface area contributed by atoms with E-state index >= 15 is 0 Å². The first-order chi connectivity index (χ1) is 14.3. The zero-order valence-corrected chi connectivity index (χ0v) is 19.5. The highest BCUT2D eigenvalue weighted by Crippen LogP contribution is 2.27. The van der Waals surface area contributed by atoms with Crippen LogP contribution in [-0.2, 0) is 12.8 Å². The summed E-state index contributed by atoms with van der Waals surface area (Å²) in [5.41, 5.74) is 4.26. The zero-order chi connectivity index (χ0) is 21.4. The van der Waals surface area contributed by atoms with Gasteiger partial charge in [0.05, 0.1) is 22.1 Å². The van der Waals surface area contributed by atoms with Crippen molar-refractivity contribution in [2.24, 2.45) is 0 Å². The molecule has 0 N–H and O–H groups in total. The van der Waals surface area contributed by atoms with Crippen LogP contribution >= 0.6 is 23.2 Å². The molecule has 0 aliphatic rings. The van der Waals surface area contributed by atoms with E-state index in [2.05, 4.69) is 36.8 Å². The van der Waals surface area contributed by atoms with Crippen molar-refractivity contribution in [2.45, 2.75) is 65.5 Å². The fourth-order valence-corrected chi connectivity index (χ4v) is 4.64. The SMILES string of the molecule is CC(C)n1c(CCCCc2nc3ccc(Cl)cc3n2C(C)C)nc2ccc(Cl)cc21. The molecule has 0 aliphatic carbocycles. The van der Waals surface area contributed by atoms with Gasteiger partial charge in [-0.3, -0.25) is 0 Å². The van der Waals surface area contributed by atoms with Crippen LogP contribution in [0.1, 0.15) is 64.3 Å². The predicted molar refractivity (Wildman–Crippen MR) is 127 cm³/mol. The predicted octanol–water partition coefficient (Wildman–Crippen LogP) is 7.42. The van der Waals surface area contributed by atoms with Crippen LogP contribution in [-0.4, -0.2) is 19.1 Å². The number of aromatic nitrogens is 4. The normalized spacial score (nSPS) is 12.1. The maximum Gasteiger partial charge on any atom is 0.110 e. The van der Waals surface area contributed by atoms with Gasteiger partial charge in [0.1, 0.15) is 11.6 Å². The minimum absolute atomic E-state index is 0.346. The molecule has 2 heterocycles. The number of rotatable bonds is 7. The van der Waals surface area contributed by atoms with Crippen LogP contribution in [0.5, 0.6) is 0 Å². The van der Waals surface area contributed by atoms with Gasteiger partial charge in [-0.05, 0) is 76.9 Å². The molecule has 0 aliphatic heterocycles. The monoisotopic (exact) mass is 442 g/mol. The highest BCUT2D eigenvalue weighted by molar-refractivity contribution is 6.31. The Kier molecular flexibility index (Phi) is 6.08. The first-order valence-electron chi connectivity index (χ1n) is 10.7. The van der Waals surface area contributed by atoms with Gasteiger partial charge in [0.2, 0.25) is 0 Å². The number of benzene rings is 2. The Morgan fingerprint density at radius 2 is 1.10 bits per heavy atom. The van der Waals surface area contributed by atoms with E-state index in [1.807, 2.05) is 36.4 Å². The topological polar surface area (TPSA) is 35.6 Å². The summed E-state index contributed by atoms with van der Waals surface area (Å²) < 4.78 is 4.62. The summed E-state index contributed by atoms with van der Waals surface area (Å²) in [4.78, 5) is 9.76. The third-order valence-corrected chi connectivity index (χ3v) is 6.00. The Morgan fingerprint density at radius 1 is 0.700 bits per heavy atom. The second-order valence-electron chi connectivity index (χ2n) is 8.46. The lowest BCUT2D eigenvalue weighted by molar-refractivity contribution is 0.552. The number of imidazole rings is 2.